The summed E-state index contributed by atoms with van der Waals surface area (Å²) in [7, 11) is 1.92. The van der Waals surface area contributed by atoms with Gasteiger partial charge in [-0.05, 0) is 43.3 Å². The van der Waals surface area contributed by atoms with E-state index in [9.17, 15) is 0 Å². The Kier molecular flexibility index (Phi) is 4.91. The van der Waals surface area contributed by atoms with Crippen molar-refractivity contribution in [2.75, 3.05) is 18.5 Å². The fourth-order valence-electron chi connectivity index (χ4n) is 3.65. The molecule has 0 fully saturated rings. The molecule has 4 heterocycles. The quantitative estimate of drug-likeness (QED) is 0.551. The molecular weight excluding hydrogens is 410 g/mol. The van der Waals surface area contributed by atoms with Crippen LogP contribution in [0.5, 0.6) is 0 Å². The molecule has 2 aliphatic heterocycles. The van der Waals surface area contributed by atoms with E-state index < -0.39 is 4.99 Å². The van der Waals surface area contributed by atoms with E-state index in [1.807, 2.05) is 31.6 Å². The van der Waals surface area contributed by atoms with Crippen LogP contribution in [-0.4, -0.2) is 48.8 Å². The van der Waals surface area contributed by atoms with Gasteiger partial charge in [-0.1, -0.05) is 11.8 Å². The molecule has 0 radical (unpaired) electrons. The van der Waals surface area contributed by atoms with Crippen LogP contribution in [0, 0.1) is 0 Å². The molecule has 2 aliphatic rings. The van der Waals surface area contributed by atoms with Crippen molar-refractivity contribution < 1.29 is 5.11 Å². The van der Waals surface area contributed by atoms with E-state index in [0.717, 1.165) is 38.5 Å². The third-order valence-corrected chi connectivity index (χ3v) is 6.39. The Morgan fingerprint density at radius 3 is 2.94 bits per heavy atom. The van der Waals surface area contributed by atoms with Crippen LogP contribution < -0.4 is 10.7 Å². The Morgan fingerprint density at radius 1 is 1.23 bits per heavy atom. The molecule has 8 nitrogen and oxygen atoms in total. The van der Waals surface area contributed by atoms with Gasteiger partial charge in [-0.25, -0.2) is 0 Å². The van der Waals surface area contributed by atoms with Crippen molar-refractivity contribution in [1.82, 2.24) is 25.1 Å². The Balaban J connectivity index is 1.41. The molecule has 0 saturated heterocycles. The van der Waals surface area contributed by atoms with Gasteiger partial charge in [0, 0.05) is 47.4 Å². The smallest absolute Gasteiger partial charge is 0.180 e. The lowest BCUT2D eigenvalue weighted by molar-refractivity contribution is 0.311. The van der Waals surface area contributed by atoms with E-state index in [2.05, 4.69) is 68.2 Å². The van der Waals surface area contributed by atoms with Crippen molar-refractivity contribution in [3.63, 3.8) is 0 Å². The molecule has 0 amide bonds. The minimum absolute atomic E-state index is 0.0825. The monoisotopic (exact) mass is 433 g/mol. The van der Waals surface area contributed by atoms with Gasteiger partial charge in [-0.15, -0.1) is 0 Å². The van der Waals surface area contributed by atoms with E-state index in [1.54, 1.807) is 22.6 Å². The average molecular weight is 434 g/mol. The summed E-state index contributed by atoms with van der Waals surface area (Å²) in [5, 5.41) is 22.1. The van der Waals surface area contributed by atoms with Crippen LogP contribution in [-0.2, 0) is 7.05 Å². The molecule has 1 aromatic carbocycles. The highest BCUT2D eigenvalue weighted by atomic mass is 32.2. The first-order valence-corrected chi connectivity index (χ1v) is 10.8. The number of aromatic nitrogens is 3. The molecule has 3 aromatic rings. The molecular formula is C22H23N7OS. The van der Waals surface area contributed by atoms with Crippen LogP contribution in [0.25, 0.3) is 16.5 Å². The number of thioether (sulfide) groups is 1. The van der Waals surface area contributed by atoms with Crippen molar-refractivity contribution >= 4 is 39.8 Å². The summed E-state index contributed by atoms with van der Waals surface area (Å²) in [5.41, 5.74) is 7.27. The second-order valence-corrected chi connectivity index (χ2v) is 9.06. The van der Waals surface area contributed by atoms with E-state index >= 15 is 0 Å². The van der Waals surface area contributed by atoms with Crippen molar-refractivity contribution in [3.05, 3.63) is 66.8 Å². The normalized spacial score (nSPS) is 19.8. The molecule has 1 atom stereocenters. The first kappa shape index (κ1) is 19.7. The lowest BCUT2D eigenvalue weighted by Crippen LogP contribution is -2.46. The molecule has 0 aliphatic carbocycles. The van der Waals surface area contributed by atoms with Gasteiger partial charge < -0.3 is 10.4 Å². The van der Waals surface area contributed by atoms with Crippen LogP contribution in [0.4, 0.5) is 5.69 Å². The fourth-order valence-corrected chi connectivity index (χ4v) is 4.77. The highest BCUT2D eigenvalue weighted by molar-refractivity contribution is 8.00. The SMILES string of the molecule is Cn1cc(C2=CN3C(=NNC3(C)Sc3ccc4ncc(NCCO)cc4c3)C=C2)cn1. The van der Waals surface area contributed by atoms with Crippen LogP contribution >= 0.6 is 11.8 Å². The highest BCUT2D eigenvalue weighted by Gasteiger charge is 2.39. The maximum absolute atomic E-state index is 9.04. The number of pyridine rings is 1. The Bertz CT molecular complexity index is 1230. The lowest BCUT2D eigenvalue weighted by atomic mass is 10.1. The van der Waals surface area contributed by atoms with Gasteiger partial charge in [0.15, 0.2) is 10.8 Å². The molecule has 0 spiro atoms. The molecule has 9 heteroatoms. The zero-order chi connectivity index (χ0) is 21.4. The summed E-state index contributed by atoms with van der Waals surface area (Å²) in [5.74, 6) is 0.876. The number of allylic oxidation sites excluding steroid dienone is 2. The van der Waals surface area contributed by atoms with Crippen LogP contribution in [0.1, 0.15) is 12.5 Å². The van der Waals surface area contributed by atoms with Crippen LogP contribution in [0.2, 0.25) is 0 Å². The molecule has 31 heavy (non-hydrogen) atoms. The maximum atomic E-state index is 9.04. The summed E-state index contributed by atoms with van der Waals surface area (Å²) < 4.78 is 1.80. The summed E-state index contributed by atoms with van der Waals surface area (Å²) in [6, 6.07) is 8.30. The molecule has 1 unspecified atom stereocenters. The number of rotatable bonds is 6. The summed E-state index contributed by atoms with van der Waals surface area (Å²) in [6.45, 7) is 2.70. The largest absolute Gasteiger partial charge is 0.395 e. The predicted molar refractivity (Wildman–Crippen MR) is 124 cm³/mol. The van der Waals surface area contributed by atoms with Crippen molar-refractivity contribution in [2.45, 2.75) is 16.8 Å². The molecule has 5 rings (SSSR count). The van der Waals surface area contributed by atoms with Gasteiger partial charge in [0.05, 0.1) is 30.2 Å². The number of anilines is 1. The number of aryl methyl sites for hydroxylation is 1. The number of hydrogen-bond donors (Lipinski definition) is 3. The molecule has 0 bridgehead atoms. The summed E-state index contributed by atoms with van der Waals surface area (Å²) >= 11 is 1.69. The Hall–Kier alpha value is -3.30. The fraction of sp³-hybridized carbons (Fsp3) is 0.227. The average Bonchev–Trinajstić information content (AvgIpc) is 3.35. The number of benzene rings is 1. The first-order chi connectivity index (χ1) is 15.0. The van der Waals surface area contributed by atoms with Gasteiger partial charge in [-0.2, -0.15) is 10.2 Å². The minimum atomic E-state index is -0.471. The van der Waals surface area contributed by atoms with E-state index in [1.165, 1.54) is 0 Å². The standard InChI is InChI=1S/C22H23N7OS/c1-22(27-26-21-6-3-15(14-29(21)22)17-11-25-28(2)13-17)31-19-4-5-20-16(10-19)9-18(12-24-20)23-7-8-30/h3-6,9-14,23,27,30H,7-8H2,1-2H3. The number of hydrazone groups is 1. The Morgan fingerprint density at radius 2 is 2.13 bits per heavy atom. The molecule has 2 aromatic heterocycles. The lowest BCUT2D eigenvalue weighted by Gasteiger charge is -2.34. The zero-order valence-corrected chi connectivity index (χ0v) is 18.1. The van der Waals surface area contributed by atoms with Crippen LogP contribution in [0.15, 0.2) is 71.2 Å². The number of fused-ring (bicyclic) bond motifs is 2. The van der Waals surface area contributed by atoms with Gasteiger partial charge in [0.2, 0.25) is 0 Å². The molecule has 0 saturated carbocycles. The summed E-state index contributed by atoms with van der Waals surface area (Å²) in [6.07, 6.45) is 11.9. The predicted octanol–water partition coefficient (Wildman–Crippen LogP) is 2.97. The van der Waals surface area contributed by atoms with Gasteiger partial charge in [-0.3, -0.25) is 20.0 Å². The first-order valence-electron chi connectivity index (χ1n) is 10.0. The van der Waals surface area contributed by atoms with Crippen molar-refractivity contribution in [2.24, 2.45) is 12.1 Å². The summed E-state index contributed by atoms with van der Waals surface area (Å²) in [4.78, 5) is 7.29. The number of amidine groups is 1. The van der Waals surface area contributed by atoms with Crippen molar-refractivity contribution in [3.8, 4) is 0 Å². The minimum Gasteiger partial charge on any atom is -0.395 e. The van der Waals surface area contributed by atoms with Gasteiger partial charge >= 0.3 is 0 Å². The molecule has 3 N–H and O–H groups in total. The van der Waals surface area contributed by atoms with Crippen LogP contribution in [0.3, 0.4) is 0 Å². The van der Waals surface area contributed by atoms with E-state index in [-0.39, 0.29) is 6.61 Å². The number of nitrogens with zero attached hydrogens (tertiary/aromatic N) is 5. The maximum Gasteiger partial charge on any atom is 0.180 e. The topological polar surface area (TPSA) is 90.6 Å². The highest BCUT2D eigenvalue weighted by Crippen LogP contribution is 2.40. The number of aliphatic hydroxyl groups is 1. The van der Waals surface area contributed by atoms with Crippen molar-refractivity contribution in [1.29, 1.82) is 0 Å². The number of aliphatic hydroxyl groups excluding tert-OH is 1. The number of nitrogens with one attached hydrogen (secondary N) is 2. The van der Waals surface area contributed by atoms with E-state index in [4.69, 9.17) is 5.11 Å². The second kappa shape index (κ2) is 7.75. The van der Waals surface area contributed by atoms with Gasteiger partial charge in [0.25, 0.3) is 0 Å². The van der Waals surface area contributed by atoms with E-state index in [0.29, 0.717) is 6.54 Å². The third kappa shape index (κ3) is 3.77. The third-order valence-electron chi connectivity index (χ3n) is 5.21. The molecule has 158 valence electrons. The second-order valence-electron chi connectivity index (χ2n) is 7.59. The zero-order valence-electron chi connectivity index (χ0n) is 17.3. The Labute approximate surface area is 184 Å². The number of hydrogen-bond acceptors (Lipinski definition) is 8. The van der Waals surface area contributed by atoms with Gasteiger partial charge in [0.1, 0.15) is 0 Å².